The van der Waals surface area contributed by atoms with E-state index < -0.39 is 0 Å². The molecule has 0 saturated carbocycles. The molecule has 36 heavy (non-hydrogen) atoms. The number of unbranched alkanes of at least 4 members (excludes halogenated alkanes) is 2. The SMILES string of the molecule is CCCCCOc1ccc(C(=O)Nc2ccc(C(=O)N(CC)c3cccc4ccccc34)cc2)cc1. The van der Waals surface area contributed by atoms with Gasteiger partial charge in [-0.15, -0.1) is 0 Å². The number of ether oxygens (including phenoxy) is 1. The van der Waals surface area contributed by atoms with Gasteiger partial charge in [0.1, 0.15) is 5.75 Å². The first-order valence-electron chi connectivity index (χ1n) is 12.5. The fourth-order valence-electron chi connectivity index (χ4n) is 4.17. The molecule has 4 rings (SSSR count). The molecule has 4 aromatic rings. The maximum absolute atomic E-state index is 13.3. The van der Waals surface area contributed by atoms with Gasteiger partial charge in [-0.2, -0.15) is 0 Å². The summed E-state index contributed by atoms with van der Waals surface area (Å²) in [7, 11) is 0. The van der Waals surface area contributed by atoms with Crippen LogP contribution in [0.15, 0.2) is 91.0 Å². The lowest BCUT2D eigenvalue weighted by Crippen LogP contribution is -2.30. The Morgan fingerprint density at radius 3 is 2.19 bits per heavy atom. The van der Waals surface area contributed by atoms with Gasteiger partial charge in [0.15, 0.2) is 0 Å². The molecule has 0 aromatic heterocycles. The highest BCUT2D eigenvalue weighted by Crippen LogP contribution is 2.28. The van der Waals surface area contributed by atoms with Crippen LogP contribution in [-0.4, -0.2) is 25.0 Å². The van der Waals surface area contributed by atoms with E-state index in [2.05, 4.69) is 12.2 Å². The smallest absolute Gasteiger partial charge is 0.258 e. The van der Waals surface area contributed by atoms with Crippen molar-refractivity contribution in [3.05, 3.63) is 102 Å². The highest BCUT2D eigenvalue weighted by molar-refractivity contribution is 6.11. The van der Waals surface area contributed by atoms with E-state index in [4.69, 9.17) is 4.74 Å². The molecule has 5 nitrogen and oxygen atoms in total. The van der Waals surface area contributed by atoms with Gasteiger partial charge in [0.25, 0.3) is 11.8 Å². The van der Waals surface area contributed by atoms with Crippen LogP contribution in [0.25, 0.3) is 10.8 Å². The van der Waals surface area contributed by atoms with Crippen molar-refractivity contribution in [1.29, 1.82) is 0 Å². The Kier molecular flexibility index (Phi) is 8.35. The zero-order valence-corrected chi connectivity index (χ0v) is 20.9. The van der Waals surface area contributed by atoms with Crippen molar-refractivity contribution < 1.29 is 14.3 Å². The van der Waals surface area contributed by atoms with Crippen LogP contribution in [0.5, 0.6) is 5.75 Å². The number of benzene rings is 4. The van der Waals surface area contributed by atoms with E-state index in [1.54, 1.807) is 41.3 Å². The van der Waals surface area contributed by atoms with E-state index in [1.807, 2.05) is 61.5 Å². The van der Waals surface area contributed by atoms with Gasteiger partial charge in [0.05, 0.1) is 12.3 Å². The number of nitrogens with zero attached hydrogens (tertiary/aromatic N) is 1. The molecule has 184 valence electrons. The van der Waals surface area contributed by atoms with Crippen LogP contribution in [0.3, 0.4) is 0 Å². The molecule has 0 saturated heterocycles. The van der Waals surface area contributed by atoms with Gasteiger partial charge >= 0.3 is 0 Å². The standard InChI is InChI=1S/C31H32N2O3/c1-3-5-8-22-36-27-20-16-24(17-21-27)30(34)32-26-18-14-25(15-19-26)31(35)33(4-2)29-13-9-11-23-10-6-7-12-28(23)29/h6-7,9-21H,3-5,8,22H2,1-2H3,(H,32,34). The van der Waals surface area contributed by atoms with Crippen molar-refractivity contribution in [2.45, 2.75) is 33.1 Å². The largest absolute Gasteiger partial charge is 0.494 e. The van der Waals surface area contributed by atoms with Crippen LogP contribution < -0.4 is 15.0 Å². The first kappa shape index (κ1) is 25.0. The second-order valence-electron chi connectivity index (χ2n) is 8.66. The lowest BCUT2D eigenvalue weighted by Gasteiger charge is -2.23. The zero-order chi connectivity index (χ0) is 25.3. The Morgan fingerprint density at radius 1 is 0.778 bits per heavy atom. The highest BCUT2D eigenvalue weighted by Gasteiger charge is 2.18. The topological polar surface area (TPSA) is 58.6 Å². The van der Waals surface area contributed by atoms with Gasteiger partial charge in [-0.1, -0.05) is 56.2 Å². The van der Waals surface area contributed by atoms with E-state index in [-0.39, 0.29) is 11.8 Å². The molecule has 5 heteroatoms. The molecule has 0 aliphatic carbocycles. The minimum absolute atomic E-state index is 0.0822. The van der Waals surface area contributed by atoms with E-state index in [1.165, 1.54) is 0 Å². The van der Waals surface area contributed by atoms with E-state index in [9.17, 15) is 9.59 Å². The molecule has 0 spiro atoms. The monoisotopic (exact) mass is 480 g/mol. The Balaban J connectivity index is 1.41. The maximum Gasteiger partial charge on any atom is 0.258 e. The first-order valence-corrected chi connectivity index (χ1v) is 12.5. The van der Waals surface area contributed by atoms with Gasteiger partial charge in [-0.25, -0.2) is 0 Å². The summed E-state index contributed by atoms with van der Waals surface area (Å²) in [5, 5.41) is 5.03. The summed E-state index contributed by atoms with van der Waals surface area (Å²) in [5.74, 6) is 0.469. The zero-order valence-electron chi connectivity index (χ0n) is 20.9. The summed E-state index contributed by atoms with van der Waals surface area (Å²) in [6.07, 6.45) is 3.32. The van der Waals surface area contributed by atoms with E-state index in [0.29, 0.717) is 30.0 Å². The predicted octanol–water partition coefficient (Wildman–Crippen LogP) is 7.33. The molecular weight excluding hydrogens is 448 g/mol. The second-order valence-corrected chi connectivity index (χ2v) is 8.66. The number of anilines is 2. The molecule has 1 N–H and O–H groups in total. The quantitative estimate of drug-likeness (QED) is 0.242. The third kappa shape index (κ3) is 5.92. The molecule has 2 amide bonds. The fraction of sp³-hybridized carbons (Fsp3) is 0.226. The van der Waals surface area contributed by atoms with Gasteiger partial charge in [-0.05, 0) is 73.3 Å². The number of amides is 2. The fourth-order valence-corrected chi connectivity index (χ4v) is 4.17. The van der Waals surface area contributed by atoms with Crippen LogP contribution >= 0.6 is 0 Å². The molecule has 0 radical (unpaired) electrons. The van der Waals surface area contributed by atoms with Crippen LogP contribution in [0, 0.1) is 0 Å². The molecular formula is C31H32N2O3. The van der Waals surface area contributed by atoms with Crippen molar-refractivity contribution in [3.63, 3.8) is 0 Å². The van der Waals surface area contributed by atoms with Crippen molar-refractivity contribution in [3.8, 4) is 5.75 Å². The van der Waals surface area contributed by atoms with E-state index in [0.717, 1.165) is 41.5 Å². The van der Waals surface area contributed by atoms with Gasteiger partial charge in [0, 0.05) is 28.7 Å². The van der Waals surface area contributed by atoms with Gasteiger partial charge < -0.3 is 15.0 Å². The van der Waals surface area contributed by atoms with E-state index >= 15 is 0 Å². The summed E-state index contributed by atoms with van der Waals surface area (Å²) in [6, 6.07) is 28.2. The predicted molar refractivity (Wildman–Crippen MR) is 147 cm³/mol. The third-order valence-corrected chi connectivity index (χ3v) is 6.14. The first-order chi connectivity index (χ1) is 17.6. The number of carbonyl (C=O) groups is 2. The lowest BCUT2D eigenvalue weighted by atomic mass is 10.1. The van der Waals surface area contributed by atoms with Crippen molar-refractivity contribution in [2.75, 3.05) is 23.4 Å². The number of fused-ring (bicyclic) bond motifs is 1. The molecule has 0 unspecified atom stereocenters. The Labute approximate surface area is 212 Å². The minimum atomic E-state index is -0.211. The lowest BCUT2D eigenvalue weighted by molar-refractivity contribution is 0.0987. The van der Waals surface area contributed by atoms with Crippen LogP contribution in [-0.2, 0) is 0 Å². The molecule has 0 aliphatic rings. The molecule has 0 fully saturated rings. The molecule has 4 aromatic carbocycles. The van der Waals surface area contributed by atoms with Crippen molar-refractivity contribution >= 4 is 34.0 Å². The van der Waals surface area contributed by atoms with Gasteiger partial charge in [-0.3, -0.25) is 9.59 Å². The van der Waals surface area contributed by atoms with Crippen molar-refractivity contribution in [2.24, 2.45) is 0 Å². The molecule has 0 atom stereocenters. The van der Waals surface area contributed by atoms with Crippen LogP contribution in [0.1, 0.15) is 53.8 Å². The molecule has 0 bridgehead atoms. The maximum atomic E-state index is 13.3. The van der Waals surface area contributed by atoms with Gasteiger partial charge in [0.2, 0.25) is 0 Å². The summed E-state index contributed by atoms with van der Waals surface area (Å²) < 4.78 is 5.71. The number of hydrogen-bond donors (Lipinski definition) is 1. The second kappa shape index (κ2) is 12.0. The summed E-state index contributed by atoms with van der Waals surface area (Å²) >= 11 is 0. The summed E-state index contributed by atoms with van der Waals surface area (Å²) in [4.78, 5) is 27.8. The molecule has 0 aliphatic heterocycles. The number of carbonyl (C=O) groups excluding carboxylic acids is 2. The average molecular weight is 481 g/mol. The minimum Gasteiger partial charge on any atom is -0.494 e. The Bertz CT molecular complexity index is 1310. The Morgan fingerprint density at radius 2 is 1.47 bits per heavy atom. The molecule has 0 heterocycles. The Hall–Kier alpha value is -4.12. The van der Waals surface area contributed by atoms with Crippen molar-refractivity contribution in [1.82, 2.24) is 0 Å². The summed E-state index contributed by atoms with van der Waals surface area (Å²) in [5.41, 5.74) is 2.62. The number of hydrogen-bond acceptors (Lipinski definition) is 3. The summed E-state index contributed by atoms with van der Waals surface area (Å²) in [6.45, 7) is 5.35. The average Bonchev–Trinajstić information content (AvgIpc) is 2.92. The normalized spacial score (nSPS) is 10.7. The van der Waals surface area contributed by atoms with Crippen LogP contribution in [0.2, 0.25) is 0 Å². The third-order valence-electron chi connectivity index (χ3n) is 6.14. The number of rotatable bonds is 10. The van der Waals surface area contributed by atoms with Crippen LogP contribution in [0.4, 0.5) is 11.4 Å². The highest BCUT2D eigenvalue weighted by atomic mass is 16.5. The number of nitrogens with one attached hydrogen (secondary N) is 1.